The number of amides is 1. The van der Waals surface area contributed by atoms with Crippen molar-refractivity contribution in [2.75, 3.05) is 13.1 Å². The minimum absolute atomic E-state index is 0.0333. The molecule has 1 aromatic heterocycles. The van der Waals surface area contributed by atoms with E-state index in [-0.39, 0.29) is 23.8 Å². The first-order valence-corrected chi connectivity index (χ1v) is 8.87. The van der Waals surface area contributed by atoms with Gasteiger partial charge in [-0.05, 0) is 30.0 Å². The second-order valence-corrected chi connectivity index (χ2v) is 7.31. The molecule has 1 aliphatic heterocycles. The molecule has 2 heterocycles. The van der Waals surface area contributed by atoms with E-state index in [0.717, 1.165) is 11.0 Å². The number of benzene rings is 1. The van der Waals surface area contributed by atoms with Crippen molar-refractivity contribution in [3.05, 3.63) is 41.7 Å². The van der Waals surface area contributed by atoms with Crippen molar-refractivity contribution < 1.29 is 31.1 Å². The van der Waals surface area contributed by atoms with Gasteiger partial charge in [0.15, 0.2) is 5.82 Å². The number of alkyl halides is 6. The first kappa shape index (κ1) is 20.4. The number of nitrogens with two attached hydrogens (primary N) is 1. The SMILES string of the molecule is NC1C2CN(C(=O)/C=C\n3cnc(-c4cc(C(F)(F)F)cc(C(F)(F)F)c4)n3)CC12. The Kier molecular flexibility index (Phi) is 4.64. The molecule has 4 rings (SSSR count). The van der Waals surface area contributed by atoms with Gasteiger partial charge in [0.1, 0.15) is 6.33 Å². The highest BCUT2D eigenvalue weighted by Gasteiger charge is 2.54. The Labute approximate surface area is 166 Å². The number of aromatic nitrogens is 3. The number of hydrogen-bond acceptors (Lipinski definition) is 4. The number of fused-ring (bicyclic) bond motifs is 1. The second-order valence-electron chi connectivity index (χ2n) is 7.31. The number of rotatable bonds is 3. The Hall–Kier alpha value is -2.89. The van der Waals surface area contributed by atoms with Gasteiger partial charge in [-0.1, -0.05) is 0 Å². The van der Waals surface area contributed by atoms with E-state index in [1.165, 1.54) is 12.3 Å². The molecule has 1 amide bonds. The van der Waals surface area contributed by atoms with Gasteiger partial charge in [0.25, 0.3) is 0 Å². The molecular formula is C18H15F6N5O. The van der Waals surface area contributed by atoms with E-state index in [1.807, 2.05) is 0 Å². The van der Waals surface area contributed by atoms with E-state index < -0.39 is 29.0 Å². The smallest absolute Gasteiger partial charge is 0.338 e. The molecule has 0 radical (unpaired) electrons. The average Bonchev–Trinajstić information content (AvgIpc) is 3.09. The maximum atomic E-state index is 13.0. The van der Waals surface area contributed by atoms with Crippen LogP contribution in [0.5, 0.6) is 0 Å². The van der Waals surface area contributed by atoms with Crippen LogP contribution in [0.2, 0.25) is 0 Å². The molecule has 2 aliphatic rings. The van der Waals surface area contributed by atoms with Crippen molar-refractivity contribution in [1.82, 2.24) is 19.7 Å². The van der Waals surface area contributed by atoms with Crippen LogP contribution in [-0.2, 0) is 17.1 Å². The Morgan fingerprint density at radius 2 is 1.60 bits per heavy atom. The summed E-state index contributed by atoms with van der Waals surface area (Å²) < 4.78 is 79.0. The van der Waals surface area contributed by atoms with Gasteiger partial charge in [0, 0.05) is 37.0 Å². The number of nitrogens with zero attached hydrogens (tertiary/aromatic N) is 4. The van der Waals surface area contributed by atoms with E-state index in [4.69, 9.17) is 5.73 Å². The van der Waals surface area contributed by atoms with Gasteiger partial charge in [-0.2, -0.15) is 26.3 Å². The normalized spacial score (nSPS) is 23.8. The molecule has 1 aliphatic carbocycles. The van der Waals surface area contributed by atoms with Gasteiger partial charge in [-0.25, -0.2) is 9.67 Å². The van der Waals surface area contributed by atoms with Crippen molar-refractivity contribution in [3.8, 4) is 11.4 Å². The fourth-order valence-electron chi connectivity index (χ4n) is 3.56. The van der Waals surface area contributed by atoms with Crippen molar-refractivity contribution >= 4 is 12.1 Å². The van der Waals surface area contributed by atoms with E-state index in [0.29, 0.717) is 37.1 Å². The summed E-state index contributed by atoms with van der Waals surface area (Å²) in [5, 5.41) is 3.85. The lowest BCUT2D eigenvalue weighted by Gasteiger charge is -2.16. The molecular weight excluding hydrogens is 416 g/mol. The summed E-state index contributed by atoms with van der Waals surface area (Å²) in [5.74, 6) is -0.00455. The molecule has 2 atom stereocenters. The molecule has 1 saturated heterocycles. The molecule has 0 spiro atoms. The Morgan fingerprint density at radius 3 is 2.13 bits per heavy atom. The van der Waals surface area contributed by atoms with Crippen molar-refractivity contribution in [2.24, 2.45) is 17.6 Å². The Bertz CT molecular complexity index is 967. The molecule has 160 valence electrons. The van der Waals surface area contributed by atoms with Crippen LogP contribution < -0.4 is 5.73 Å². The molecule has 0 bridgehead atoms. The third-order valence-electron chi connectivity index (χ3n) is 5.30. The first-order valence-electron chi connectivity index (χ1n) is 8.87. The molecule has 30 heavy (non-hydrogen) atoms. The van der Waals surface area contributed by atoms with Crippen LogP contribution >= 0.6 is 0 Å². The maximum absolute atomic E-state index is 13.0. The number of hydrogen-bond donors (Lipinski definition) is 1. The standard InChI is InChI=1S/C18H15F6N5O/c19-17(20,21)10-3-9(4-11(5-10)18(22,23)24)16-26-8-29(27-16)2-1-14(30)28-6-12-13(7-28)15(12)25/h1-5,8,12-13,15H,6-7,25H2/b2-1-. The van der Waals surface area contributed by atoms with Crippen LogP contribution in [0.15, 0.2) is 30.6 Å². The number of piperidine rings is 1. The lowest BCUT2D eigenvalue weighted by atomic mass is 10.0. The van der Waals surface area contributed by atoms with Crippen molar-refractivity contribution in [2.45, 2.75) is 18.4 Å². The fourth-order valence-corrected chi connectivity index (χ4v) is 3.56. The van der Waals surface area contributed by atoms with Crippen LogP contribution in [0, 0.1) is 11.8 Å². The molecule has 2 unspecified atom stereocenters. The number of carbonyl (C=O) groups excluding carboxylic acids is 1. The van der Waals surface area contributed by atoms with Gasteiger partial charge < -0.3 is 10.6 Å². The van der Waals surface area contributed by atoms with Gasteiger partial charge in [0.05, 0.1) is 11.1 Å². The van der Waals surface area contributed by atoms with Crippen molar-refractivity contribution in [1.29, 1.82) is 0 Å². The first-order chi connectivity index (χ1) is 13.9. The van der Waals surface area contributed by atoms with E-state index in [2.05, 4.69) is 10.1 Å². The molecule has 1 saturated carbocycles. The monoisotopic (exact) mass is 431 g/mol. The van der Waals surface area contributed by atoms with Crippen LogP contribution in [0.3, 0.4) is 0 Å². The quantitative estimate of drug-likeness (QED) is 0.599. The molecule has 1 aromatic carbocycles. The number of carbonyl (C=O) groups is 1. The molecule has 2 N–H and O–H groups in total. The molecule has 12 heteroatoms. The lowest BCUT2D eigenvalue weighted by molar-refractivity contribution is -0.143. The maximum Gasteiger partial charge on any atom is 0.416 e. The highest BCUT2D eigenvalue weighted by Crippen LogP contribution is 2.43. The molecule has 2 fully saturated rings. The highest BCUT2D eigenvalue weighted by molar-refractivity contribution is 5.90. The third kappa shape index (κ3) is 3.91. The summed E-state index contributed by atoms with van der Waals surface area (Å²) in [7, 11) is 0. The topological polar surface area (TPSA) is 77.0 Å². The predicted molar refractivity (Wildman–Crippen MR) is 92.3 cm³/mol. The van der Waals surface area contributed by atoms with Crippen molar-refractivity contribution in [3.63, 3.8) is 0 Å². The summed E-state index contributed by atoms with van der Waals surface area (Å²) in [6.07, 6.45) is -6.40. The van der Waals surface area contributed by atoms with Gasteiger partial charge in [-0.15, -0.1) is 5.10 Å². The summed E-state index contributed by atoms with van der Waals surface area (Å²) in [6, 6.07) is 1.25. The van der Waals surface area contributed by atoms with E-state index in [9.17, 15) is 31.1 Å². The minimum Gasteiger partial charge on any atom is -0.338 e. The van der Waals surface area contributed by atoms with Crippen LogP contribution in [0.4, 0.5) is 26.3 Å². The Morgan fingerprint density at radius 1 is 1.03 bits per heavy atom. The van der Waals surface area contributed by atoms with Crippen LogP contribution in [-0.4, -0.2) is 44.7 Å². The zero-order valence-corrected chi connectivity index (χ0v) is 15.2. The van der Waals surface area contributed by atoms with E-state index in [1.54, 1.807) is 4.90 Å². The van der Waals surface area contributed by atoms with Gasteiger partial charge >= 0.3 is 12.4 Å². The summed E-state index contributed by atoms with van der Waals surface area (Å²) in [6.45, 7) is 1.12. The predicted octanol–water partition coefficient (Wildman–Crippen LogP) is 2.87. The highest BCUT2D eigenvalue weighted by atomic mass is 19.4. The van der Waals surface area contributed by atoms with E-state index >= 15 is 0 Å². The van der Waals surface area contributed by atoms with Gasteiger partial charge in [-0.3, -0.25) is 4.79 Å². The van der Waals surface area contributed by atoms with Gasteiger partial charge in [0.2, 0.25) is 5.91 Å². The summed E-state index contributed by atoms with van der Waals surface area (Å²) in [5.41, 5.74) is 2.46. The Balaban J connectivity index is 1.54. The summed E-state index contributed by atoms with van der Waals surface area (Å²) >= 11 is 0. The minimum atomic E-state index is -4.97. The average molecular weight is 431 g/mol. The number of halogens is 6. The second kappa shape index (κ2) is 6.83. The molecule has 6 nitrogen and oxygen atoms in total. The zero-order chi connectivity index (χ0) is 21.8. The largest absolute Gasteiger partial charge is 0.416 e. The molecule has 2 aromatic rings. The summed E-state index contributed by atoms with van der Waals surface area (Å²) in [4.78, 5) is 17.5. The fraction of sp³-hybridized carbons (Fsp3) is 0.389. The number of likely N-dealkylation sites (tertiary alicyclic amines) is 1. The lowest BCUT2D eigenvalue weighted by Crippen LogP contribution is -2.32. The zero-order valence-electron chi connectivity index (χ0n) is 15.2. The van der Waals surface area contributed by atoms with Crippen LogP contribution in [0.1, 0.15) is 11.1 Å². The third-order valence-corrected chi connectivity index (χ3v) is 5.30. The van der Waals surface area contributed by atoms with Crippen LogP contribution in [0.25, 0.3) is 17.6 Å².